The first-order chi connectivity index (χ1) is 9.36. The molecule has 2 rings (SSSR count). The summed E-state index contributed by atoms with van der Waals surface area (Å²) in [5, 5.41) is 2.90. The van der Waals surface area contributed by atoms with Crippen LogP contribution in [0, 0.1) is 17.6 Å². The highest BCUT2D eigenvalue weighted by Crippen LogP contribution is 2.37. The molecule has 1 saturated carbocycles. The van der Waals surface area contributed by atoms with Crippen LogP contribution in [0.4, 0.5) is 22.0 Å². The van der Waals surface area contributed by atoms with Gasteiger partial charge in [-0.1, -0.05) is 6.42 Å². The average molecular weight is 293 g/mol. The third kappa shape index (κ3) is 3.91. The van der Waals surface area contributed by atoms with Crippen LogP contribution in [0.2, 0.25) is 0 Å². The van der Waals surface area contributed by atoms with Crippen LogP contribution in [0.25, 0.3) is 0 Å². The molecule has 1 aromatic rings. The molecule has 0 bridgehead atoms. The summed E-state index contributed by atoms with van der Waals surface area (Å²) in [5.74, 6) is -2.41. The second-order valence-electron chi connectivity index (χ2n) is 5.22. The topological polar surface area (TPSA) is 12.0 Å². The lowest BCUT2D eigenvalue weighted by atomic mass is 9.85. The molecule has 0 saturated heterocycles. The smallest absolute Gasteiger partial charge is 0.310 e. The molecule has 1 nitrogen and oxygen atoms in total. The minimum atomic E-state index is -4.18. The molecule has 6 heteroatoms. The highest BCUT2D eigenvalue weighted by molar-refractivity contribution is 5.18. The molecule has 0 radical (unpaired) electrons. The molecule has 2 unspecified atom stereocenters. The first kappa shape index (κ1) is 15.2. The maximum Gasteiger partial charge on any atom is 0.391 e. The van der Waals surface area contributed by atoms with Gasteiger partial charge in [-0.15, -0.1) is 0 Å². The van der Waals surface area contributed by atoms with Gasteiger partial charge in [0.1, 0.15) is 11.6 Å². The monoisotopic (exact) mass is 293 g/mol. The van der Waals surface area contributed by atoms with Crippen LogP contribution in [0.15, 0.2) is 18.2 Å². The molecule has 0 aliphatic heterocycles. The highest BCUT2D eigenvalue weighted by Gasteiger charge is 2.41. The summed E-state index contributed by atoms with van der Waals surface area (Å²) in [5.41, 5.74) is 0.138. The third-order valence-electron chi connectivity index (χ3n) is 3.73. The van der Waals surface area contributed by atoms with E-state index in [1.807, 2.05) is 0 Å². The van der Waals surface area contributed by atoms with Gasteiger partial charge in [0.15, 0.2) is 0 Å². The van der Waals surface area contributed by atoms with Crippen molar-refractivity contribution in [2.24, 2.45) is 5.92 Å². The molecule has 0 spiro atoms. The minimum Gasteiger partial charge on any atom is -0.310 e. The van der Waals surface area contributed by atoms with Crippen molar-refractivity contribution in [2.75, 3.05) is 0 Å². The quantitative estimate of drug-likeness (QED) is 0.825. The minimum absolute atomic E-state index is 0.000431. The summed E-state index contributed by atoms with van der Waals surface area (Å²) in [6.45, 7) is 0.0405. The molecule has 1 fully saturated rings. The van der Waals surface area contributed by atoms with E-state index < -0.39 is 23.7 Å². The normalized spacial score (nSPS) is 23.9. The molecule has 2 atom stereocenters. The van der Waals surface area contributed by atoms with Gasteiger partial charge >= 0.3 is 6.18 Å². The van der Waals surface area contributed by atoms with E-state index in [9.17, 15) is 22.0 Å². The van der Waals surface area contributed by atoms with Crippen molar-refractivity contribution in [3.63, 3.8) is 0 Å². The first-order valence-corrected chi connectivity index (χ1v) is 6.60. The highest BCUT2D eigenvalue weighted by atomic mass is 19.4. The largest absolute Gasteiger partial charge is 0.391 e. The van der Waals surface area contributed by atoms with Gasteiger partial charge < -0.3 is 5.32 Å². The number of benzene rings is 1. The van der Waals surface area contributed by atoms with E-state index in [-0.39, 0.29) is 31.0 Å². The van der Waals surface area contributed by atoms with Crippen LogP contribution in [0.5, 0.6) is 0 Å². The van der Waals surface area contributed by atoms with Gasteiger partial charge in [-0.05, 0) is 37.5 Å². The maximum atomic E-state index is 13.4. The fourth-order valence-corrected chi connectivity index (χ4v) is 2.61. The summed E-state index contributed by atoms with van der Waals surface area (Å²) >= 11 is 0. The van der Waals surface area contributed by atoms with Crippen molar-refractivity contribution in [3.05, 3.63) is 35.4 Å². The van der Waals surface area contributed by atoms with Gasteiger partial charge in [-0.25, -0.2) is 8.78 Å². The second kappa shape index (κ2) is 6.08. The number of alkyl halides is 3. The summed E-state index contributed by atoms with van der Waals surface area (Å²) < 4.78 is 64.4. The predicted molar refractivity (Wildman–Crippen MR) is 65.0 cm³/mol. The average Bonchev–Trinajstić information content (AvgIpc) is 2.39. The Balaban J connectivity index is 1.92. The molecule has 0 aromatic heterocycles. The molecule has 112 valence electrons. The predicted octanol–water partition coefficient (Wildman–Crippen LogP) is 4.18. The lowest BCUT2D eigenvalue weighted by molar-refractivity contribution is -0.183. The van der Waals surface area contributed by atoms with E-state index in [0.717, 1.165) is 18.2 Å². The summed E-state index contributed by atoms with van der Waals surface area (Å²) in [6, 6.07) is 2.79. The Bertz CT molecular complexity index is 457. The van der Waals surface area contributed by atoms with Crippen LogP contribution in [0.1, 0.15) is 31.2 Å². The SMILES string of the molecule is Fc1ccc(F)c(CNC2CCCC(C(F)(F)F)C2)c1. The van der Waals surface area contributed by atoms with Crippen LogP contribution < -0.4 is 5.32 Å². The van der Waals surface area contributed by atoms with E-state index in [0.29, 0.717) is 12.8 Å². The second-order valence-corrected chi connectivity index (χ2v) is 5.22. The van der Waals surface area contributed by atoms with Crippen molar-refractivity contribution >= 4 is 0 Å². The Hall–Kier alpha value is -1.17. The number of hydrogen-bond donors (Lipinski definition) is 1. The number of nitrogens with one attached hydrogen (secondary N) is 1. The van der Waals surface area contributed by atoms with Crippen LogP contribution >= 0.6 is 0 Å². The number of rotatable bonds is 3. The fraction of sp³-hybridized carbons (Fsp3) is 0.571. The molecule has 1 aliphatic rings. The van der Waals surface area contributed by atoms with E-state index in [1.165, 1.54) is 0 Å². The zero-order chi connectivity index (χ0) is 14.8. The Morgan fingerprint density at radius 2 is 1.90 bits per heavy atom. The summed E-state index contributed by atoms with van der Waals surface area (Å²) in [7, 11) is 0. The lowest BCUT2D eigenvalue weighted by Crippen LogP contribution is -2.38. The Labute approximate surface area is 114 Å². The third-order valence-corrected chi connectivity index (χ3v) is 3.73. The number of halogens is 5. The van der Waals surface area contributed by atoms with Crippen molar-refractivity contribution in [3.8, 4) is 0 Å². The van der Waals surface area contributed by atoms with E-state index in [1.54, 1.807) is 0 Å². The van der Waals surface area contributed by atoms with Gasteiger partial charge in [0.05, 0.1) is 5.92 Å². The van der Waals surface area contributed by atoms with Crippen molar-refractivity contribution < 1.29 is 22.0 Å². The number of hydrogen-bond acceptors (Lipinski definition) is 1. The van der Waals surface area contributed by atoms with Gasteiger partial charge in [0.25, 0.3) is 0 Å². The molecule has 1 aromatic carbocycles. The molecule has 1 aliphatic carbocycles. The Morgan fingerprint density at radius 1 is 1.15 bits per heavy atom. The van der Waals surface area contributed by atoms with Crippen molar-refractivity contribution in [1.82, 2.24) is 5.32 Å². The lowest BCUT2D eigenvalue weighted by Gasteiger charge is -2.31. The zero-order valence-corrected chi connectivity index (χ0v) is 10.8. The molecule has 20 heavy (non-hydrogen) atoms. The van der Waals surface area contributed by atoms with Crippen LogP contribution in [-0.2, 0) is 6.54 Å². The van der Waals surface area contributed by atoms with Gasteiger partial charge in [0, 0.05) is 18.2 Å². The molecular weight excluding hydrogens is 277 g/mol. The first-order valence-electron chi connectivity index (χ1n) is 6.60. The summed E-state index contributed by atoms with van der Waals surface area (Å²) in [4.78, 5) is 0. The van der Waals surface area contributed by atoms with Gasteiger partial charge in [-0.3, -0.25) is 0 Å². The van der Waals surface area contributed by atoms with Crippen LogP contribution in [-0.4, -0.2) is 12.2 Å². The van der Waals surface area contributed by atoms with E-state index >= 15 is 0 Å². The maximum absolute atomic E-state index is 13.4. The molecule has 0 amide bonds. The Morgan fingerprint density at radius 3 is 2.60 bits per heavy atom. The van der Waals surface area contributed by atoms with Gasteiger partial charge in [-0.2, -0.15) is 13.2 Å². The zero-order valence-electron chi connectivity index (χ0n) is 10.8. The standard InChI is InChI=1S/C14H16F5N/c15-11-4-5-13(16)9(6-11)8-20-12-3-1-2-10(7-12)14(17,18)19/h4-6,10,12,20H,1-3,7-8H2. The van der Waals surface area contributed by atoms with Crippen LogP contribution in [0.3, 0.4) is 0 Å². The molecular formula is C14H16F5N. The van der Waals surface area contributed by atoms with Crippen molar-refractivity contribution in [1.29, 1.82) is 0 Å². The van der Waals surface area contributed by atoms with E-state index in [2.05, 4.69) is 5.32 Å². The fourth-order valence-electron chi connectivity index (χ4n) is 2.61. The summed E-state index contributed by atoms with van der Waals surface area (Å²) in [6.07, 6.45) is -2.90. The molecule has 1 N–H and O–H groups in total. The van der Waals surface area contributed by atoms with Crippen molar-refractivity contribution in [2.45, 2.75) is 44.4 Å². The van der Waals surface area contributed by atoms with Gasteiger partial charge in [0.2, 0.25) is 0 Å². The Kier molecular flexibility index (Phi) is 4.62. The molecule has 0 heterocycles. The van der Waals surface area contributed by atoms with E-state index in [4.69, 9.17) is 0 Å².